The van der Waals surface area contributed by atoms with Gasteiger partial charge in [-0.05, 0) is 82.6 Å². The fourth-order valence-corrected chi connectivity index (χ4v) is 4.82. The van der Waals surface area contributed by atoms with Crippen LogP contribution in [0.4, 0.5) is 0 Å². The summed E-state index contributed by atoms with van der Waals surface area (Å²) >= 11 is 0. The van der Waals surface area contributed by atoms with Gasteiger partial charge in [0, 0.05) is 45.2 Å². The smallest absolute Gasteiger partial charge is 0.159 e. The van der Waals surface area contributed by atoms with Crippen molar-refractivity contribution in [3.05, 3.63) is 102 Å². The first kappa shape index (κ1) is 18.4. The summed E-state index contributed by atoms with van der Waals surface area (Å²) in [5.41, 5.74) is 1.95. The molecule has 5 rings (SSSR count). The highest BCUT2D eigenvalue weighted by Crippen LogP contribution is 2.36. The molecule has 0 bridgehead atoms. The molecule has 5 aromatic rings. The third-order valence-corrected chi connectivity index (χ3v) is 6.59. The molecule has 0 unspecified atom stereocenters. The summed E-state index contributed by atoms with van der Waals surface area (Å²) in [4.78, 5) is 13.5. The summed E-state index contributed by atoms with van der Waals surface area (Å²) < 4.78 is 67.6. The van der Waals surface area contributed by atoms with Crippen LogP contribution in [0, 0.1) is 19.1 Å². The van der Waals surface area contributed by atoms with Gasteiger partial charge in [-0.15, -0.1) is 0 Å². The predicted molar refractivity (Wildman–Crippen MR) is 165 cm³/mol. The maximum absolute atomic E-state index is 8.59. The Morgan fingerprint density at radius 3 is 2.08 bits per heavy atom. The van der Waals surface area contributed by atoms with Crippen molar-refractivity contribution < 1.29 is 11.0 Å². The van der Waals surface area contributed by atoms with E-state index in [9.17, 15) is 0 Å². The van der Waals surface area contributed by atoms with E-state index in [1.54, 1.807) is 42.6 Å². The fourth-order valence-electron chi connectivity index (χ4n) is 4.82. The van der Waals surface area contributed by atoms with Crippen LogP contribution in [0.15, 0.2) is 79.0 Å². The van der Waals surface area contributed by atoms with Gasteiger partial charge in [-0.2, -0.15) is 0 Å². The number of aryl methyl sites for hydroxylation is 2. The largest absolute Gasteiger partial charge is 0.256 e. The van der Waals surface area contributed by atoms with Gasteiger partial charge >= 0.3 is 0 Å². The number of pyridine rings is 1. The van der Waals surface area contributed by atoms with Crippen LogP contribution >= 0.6 is 0 Å². The molecular weight excluding hydrogens is 474 g/mol. The Bertz CT molecular complexity index is 1910. The second-order valence-corrected chi connectivity index (χ2v) is 12.0. The number of benzene rings is 3. The first-order valence-electron chi connectivity index (χ1n) is 17.1. The number of hydrogen-bond donors (Lipinski definition) is 0. The van der Waals surface area contributed by atoms with E-state index in [2.05, 4.69) is 47.9 Å². The molecular formula is C36H39N3. The van der Waals surface area contributed by atoms with Gasteiger partial charge in [-0.3, -0.25) is 4.98 Å². The molecule has 3 nitrogen and oxygen atoms in total. The summed E-state index contributed by atoms with van der Waals surface area (Å²) in [7, 11) is 0. The van der Waals surface area contributed by atoms with Crippen molar-refractivity contribution in [2.24, 2.45) is 5.41 Å². The molecule has 0 amide bonds. The maximum atomic E-state index is 8.59. The van der Waals surface area contributed by atoms with Crippen molar-refractivity contribution in [2.45, 2.75) is 67.0 Å². The molecule has 2 aromatic heterocycles. The standard InChI is InChI=1S/C36H39N3/c1-23-33(24(2)39-34(38-23)26-15-13-25(14-16-26)22-35(3,4)5)28-17-18-37-32(21-28)29-19-27-11-9-10-12-30(27)31(20-29)36(6,7)8/h9-21H,22H2,1-8H3/i1D3,2D3,22D2. The van der Waals surface area contributed by atoms with Gasteiger partial charge in [0.05, 0.1) is 5.69 Å². The van der Waals surface area contributed by atoms with Crippen molar-refractivity contribution in [1.29, 1.82) is 0 Å². The molecule has 39 heavy (non-hydrogen) atoms. The Morgan fingerprint density at radius 2 is 1.44 bits per heavy atom. The molecule has 0 aliphatic rings. The number of nitrogens with zero attached hydrogens (tertiary/aromatic N) is 3. The average Bonchev–Trinajstić information content (AvgIpc) is 2.98. The molecule has 0 fully saturated rings. The van der Waals surface area contributed by atoms with Crippen LogP contribution < -0.4 is 0 Å². The molecule has 0 spiro atoms. The van der Waals surface area contributed by atoms with E-state index in [0.29, 0.717) is 22.4 Å². The molecule has 198 valence electrons. The molecule has 0 atom stereocenters. The van der Waals surface area contributed by atoms with E-state index >= 15 is 0 Å². The topological polar surface area (TPSA) is 38.7 Å². The number of hydrogen-bond acceptors (Lipinski definition) is 3. The minimum Gasteiger partial charge on any atom is -0.256 e. The Hall–Kier alpha value is -3.85. The number of rotatable bonds is 4. The second-order valence-electron chi connectivity index (χ2n) is 12.0. The summed E-state index contributed by atoms with van der Waals surface area (Å²) in [5, 5.41) is 2.16. The van der Waals surface area contributed by atoms with Crippen molar-refractivity contribution in [1.82, 2.24) is 15.0 Å². The van der Waals surface area contributed by atoms with Gasteiger partial charge in [0.1, 0.15) is 0 Å². The zero-order valence-corrected chi connectivity index (χ0v) is 23.3. The van der Waals surface area contributed by atoms with Gasteiger partial charge in [-0.25, -0.2) is 9.97 Å². The summed E-state index contributed by atoms with van der Waals surface area (Å²) in [5.74, 6) is -0.0625. The monoisotopic (exact) mass is 521 g/mol. The highest BCUT2D eigenvalue weighted by molar-refractivity contribution is 5.91. The van der Waals surface area contributed by atoms with Gasteiger partial charge < -0.3 is 0 Å². The van der Waals surface area contributed by atoms with Crippen LogP contribution in [0.3, 0.4) is 0 Å². The normalized spacial score (nSPS) is 16.3. The first-order valence-corrected chi connectivity index (χ1v) is 13.1. The highest BCUT2D eigenvalue weighted by atomic mass is 14.9. The summed E-state index contributed by atoms with van der Waals surface area (Å²) in [6.45, 7) is 6.29. The first-order chi connectivity index (χ1) is 21.6. The minimum absolute atomic E-state index is 0.0625. The average molecular weight is 522 g/mol. The molecule has 2 heterocycles. The predicted octanol–water partition coefficient (Wildman–Crippen LogP) is 9.53. The molecule has 0 aliphatic carbocycles. The van der Waals surface area contributed by atoms with Crippen LogP contribution in [-0.2, 0) is 11.8 Å². The summed E-state index contributed by atoms with van der Waals surface area (Å²) in [6.07, 6.45) is -0.110. The maximum Gasteiger partial charge on any atom is 0.159 e. The zero-order chi connectivity index (χ0) is 34.7. The quantitative estimate of drug-likeness (QED) is 0.236. The van der Waals surface area contributed by atoms with Crippen LogP contribution in [0.2, 0.25) is 0 Å². The molecule has 3 aromatic carbocycles. The Kier molecular flexibility index (Phi) is 4.75. The lowest BCUT2D eigenvalue weighted by atomic mass is 9.82. The van der Waals surface area contributed by atoms with Crippen molar-refractivity contribution in [3.63, 3.8) is 0 Å². The van der Waals surface area contributed by atoms with Crippen LogP contribution in [0.25, 0.3) is 44.5 Å². The van der Waals surface area contributed by atoms with E-state index in [-0.39, 0.29) is 28.2 Å². The summed E-state index contributed by atoms with van der Waals surface area (Å²) in [6, 6.07) is 21.9. The fraction of sp³-hybridized carbons (Fsp3) is 0.306. The molecule has 0 saturated heterocycles. The van der Waals surface area contributed by atoms with E-state index < -0.39 is 25.5 Å². The lowest BCUT2D eigenvalue weighted by molar-refractivity contribution is 0.411. The molecule has 0 radical (unpaired) electrons. The molecule has 0 aliphatic heterocycles. The van der Waals surface area contributed by atoms with E-state index in [1.807, 2.05) is 45.0 Å². The number of fused-ring (bicyclic) bond motifs is 1. The second kappa shape index (κ2) is 10.0. The lowest BCUT2D eigenvalue weighted by Crippen LogP contribution is -2.12. The van der Waals surface area contributed by atoms with Gasteiger partial charge in [-0.1, -0.05) is 90.1 Å². The van der Waals surface area contributed by atoms with Crippen LogP contribution in [0.5, 0.6) is 0 Å². The zero-order valence-electron chi connectivity index (χ0n) is 31.3. The Labute approximate surface area is 244 Å². The van der Waals surface area contributed by atoms with Crippen molar-refractivity contribution in [2.75, 3.05) is 0 Å². The molecule has 0 saturated carbocycles. The van der Waals surface area contributed by atoms with Crippen LogP contribution in [0.1, 0.15) is 75.0 Å². The molecule has 0 N–H and O–H groups in total. The van der Waals surface area contributed by atoms with E-state index in [4.69, 9.17) is 11.0 Å². The SMILES string of the molecule is [2H]C([2H])([2H])c1nc(-c2ccc(C([2H])([2H])C(C)(C)C)cc2)nc(C([2H])([2H])[2H])c1-c1ccnc(-c2cc(C(C)(C)C)c3ccccc3c2)c1. The van der Waals surface area contributed by atoms with Crippen molar-refractivity contribution >= 4 is 10.8 Å². The van der Waals surface area contributed by atoms with Gasteiger partial charge in [0.2, 0.25) is 0 Å². The highest BCUT2D eigenvalue weighted by Gasteiger charge is 2.19. The Balaban J connectivity index is 1.71. The van der Waals surface area contributed by atoms with Crippen LogP contribution in [-0.4, -0.2) is 15.0 Å². The third-order valence-electron chi connectivity index (χ3n) is 6.59. The number of aromatic nitrogens is 3. The van der Waals surface area contributed by atoms with E-state index in [1.165, 1.54) is 0 Å². The third kappa shape index (κ3) is 5.78. The lowest BCUT2D eigenvalue weighted by Gasteiger charge is -2.23. The minimum atomic E-state index is -2.78. The Morgan fingerprint density at radius 1 is 0.744 bits per heavy atom. The van der Waals surface area contributed by atoms with Gasteiger partial charge in [0.25, 0.3) is 0 Å². The van der Waals surface area contributed by atoms with E-state index in [0.717, 1.165) is 21.9 Å². The van der Waals surface area contributed by atoms with Gasteiger partial charge in [0.15, 0.2) is 5.82 Å². The van der Waals surface area contributed by atoms with Crippen molar-refractivity contribution in [3.8, 4) is 33.8 Å². The molecule has 3 heteroatoms.